The van der Waals surface area contributed by atoms with Crippen LogP contribution >= 0.6 is 0 Å². The fourth-order valence-corrected chi connectivity index (χ4v) is 1.61. The lowest BCUT2D eigenvalue weighted by atomic mass is 10.1. The highest BCUT2D eigenvalue weighted by Gasteiger charge is 2.03. The number of hydrogen-bond acceptors (Lipinski definition) is 2. The summed E-state index contributed by atoms with van der Waals surface area (Å²) in [7, 11) is 0. The first-order valence-corrected chi connectivity index (χ1v) is 5.64. The number of nitrogens with zero attached hydrogens (tertiary/aromatic N) is 2. The van der Waals surface area contributed by atoms with E-state index in [0.717, 1.165) is 12.1 Å². The molecule has 17 heavy (non-hydrogen) atoms. The minimum atomic E-state index is -0.0295. The Kier molecular flexibility index (Phi) is 3.55. The Balaban J connectivity index is 2.05. The van der Waals surface area contributed by atoms with Crippen LogP contribution in [0.5, 0.6) is 0 Å². The fraction of sp³-hybridized carbons (Fsp3) is 0.231. The summed E-state index contributed by atoms with van der Waals surface area (Å²) in [4.78, 5) is 11.5. The Bertz CT molecular complexity index is 474. The van der Waals surface area contributed by atoms with Crippen molar-refractivity contribution >= 4 is 5.91 Å². The SMILES string of the molecule is CCNC(=O)c1ccc(Cn2cccn2)cc1. The van der Waals surface area contributed by atoms with Gasteiger partial charge >= 0.3 is 0 Å². The van der Waals surface area contributed by atoms with Gasteiger partial charge in [0.05, 0.1) is 6.54 Å². The van der Waals surface area contributed by atoms with E-state index in [-0.39, 0.29) is 5.91 Å². The van der Waals surface area contributed by atoms with E-state index in [9.17, 15) is 4.79 Å². The molecule has 0 radical (unpaired) electrons. The third-order valence-corrected chi connectivity index (χ3v) is 2.46. The molecule has 88 valence electrons. The Hall–Kier alpha value is -2.10. The molecule has 4 heteroatoms. The van der Waals surface area contributed by atoms with Gasteiger partial charge in [0.2, 0.25) is 0 Å². The molecule has 4 nitrogen and oxygen atoms in total. The molecule has 0 aliphatic heterocycles. The van der Waals surface area contributed by atoms with Crippen molar-refractivity contribution < 1.29 is 4.79 Å². The number of benzene rings is 1. The molecule has 0 spiro atoms. The third-order valence-electron chi connectivity index (χ3n) is 2.46. The van der Waals surface area contributed by atoms with Crippen LogP contribution < -0.4 is 5.32 Å². The molecule has 1 aromatic carbocycles. The van der Waals surface area contributed by atoms with Crippen molar-refractivity contribution in [3.63, 3.8) is 0 Å². The van der Waals surface area contributed by atoms with Crippen LogP contribution in [0.15, 0.2) is 42.7 Å². The van der Waals surface area contributed by atoms with Gasteiger partial charge in [-0.2, -0.15) is 5.10 Å². The summed E-state index contributed by atoms with van der Waals surface area (Å²) in [5.74, 6) is -0.0295. The second-order valence-corrected chi connectivity index (χ2v) is 3.76. The molecule has 1 amide bonds. The quantitative estimate of drug-likeness (QED) is 0.867. The van der Waals surface area contributed by atoms with Gasteiger partial charge in [-0.3, -0.25) is 9.48 Å². The predicted molar refractivity (Wildman–Crippen MR) is 65.8 cm³/mol. The van der Waals surface area contributed by atoms with Crippen molar-refractivity contribution in [2.24, 2.45) is 0 Å². The van der Waals surface area contributed by atoms with Crippen LogP contribution in [-0.4, -0.2) is 22.2 Å². The summed E-state index contributed by atoms with van der Waals surface area (Å²) in [5.41, 5.74) is 1.82. The van der Waals surface area contributed by atoms with Gasteiger partial charge in [0.1, 0.15) is 0 Å². The lowest BCUT2D eigenvalue weighted by molar-refractivity contribution is 0.0956. The van der Waals surface area contributed by atoms with E-state index >= 15 is 0 Å². The first-order valence-electron chi connectivity index (χ1n) is 5.64. The first kappa shape index (κ1) is 11.4. The van der Waals surface area contributed by atoms with E-state index in [1.165, 1.54) is 0 Å². The maximum atomic E-state index is 11.5. The molecule has 1 heterocycles. The van der Waals surface area contributed by atoms with E-state index in [4.69, 9.17) is 0 Å². The fourth-order valence-electron chi connectivity index (χ4n) is 1.61. The molecular formula is C13H15N3O. The van der Waals surface area contributed by atoms with Gasteiger partial charge < -0.3 is 5.32 Å². The Morgan fingerprint density at radius 2 is 2.12 bits per heavy atom. The van der Waals surface area contributed by atoms with E-state index in [2.05, 4.69) is 10.4 Å². The van der Waals surface area contributed by atoms with Crippen LogP contribution in [0.4, 0.5) is 0 Å². The van der Waals surface area contributed by atoms with Crippen LogP contribution in [0.3, 0.4) is 0 Å². The molecule has 1 N–H and O–H groups in total. The van der Waals surface area contributed by atoms with Crippen molar-refractivity contribution in [3.8, 4) is 0 Å². The summed E-state index contributed by atoms with van der Waals surface area (Å²) in [6.07, 6.45) is 3.67. The largest absolute Gasteiger partial charge is 0.352 e. The van der Waals surface area contributed by atoms with Crippen molar-refractivity contribution in [1.29, 1.82) is 0 Å². The molecular weight excluding hydrogens is 214 g/mol. The van der Waals surface area contributed by atoms with Crippen molar-refractivity contribution in [3.05, 3.63) is 53.9 Å². The van der Waals surface area contributed by atoms with Gasteiger partial charge in [-0.25, -0.2) is 0 Å². The standard InChI is InChI=1S/C13H15N3O/c1-2-14-13(17)12-6-4-11(5-7-12)10-16-9-3-8-15-16/h3-9H,2,10H2,1H3,(H,14,17). The molecule has 2 aromatic rings. The number of nitrogens with one attached hydrogen (secondary N) is 1. The normalized spacial score (nSPS) is 10.2. The summed E-state index contributed by atoms with van der Waals surface area (Å²) >= 11 is 0. The third kappa shape index (κ3) is 2.93. The number of carbonyl (C=O) groups is 1. The van der Waals surface area contributed by atoms with E-state index in [1.54, 1.807) is 6.20 Å². The van der Waals surface area contributed by atoms with Gasteiger partial charge in [0.25, 0.3) is 5.91 Å². The molecule has 1 aromatic heterocycles. The van der Waals surface area contributed by atoms with Crippen molar-refractivity contribution in [2.75, 3.05) is 6.54 Å². The molecule has 0 unspecified atom stereocenters. The minimum absolute atomic E-state index is 0.0295. The van der Waals surface area contributed by atoms with Gasteiger partial charge in [-0.15, -0.1) is 0 Å². The molecule has 0 fully saturated rings. The molecule has 0 aliphatic carbocycles. The number of carbonyl (C=O) groups excluding carboxylic acids is 1. The van der Waals surface area contributed by atoms with Crippen LogP contribution in [-0.2, 0) is 6.54 Å². The predicted octanol–water partition coefficient (Wildman–Crippen LogP) is 1.68. The lowest BCUT2D eigenvalue weighted by Gasteiger charge is -2.04. The summed E-state index contributed by atoms with van der Waals surface area (Å²) in [6.45, 7) is 3.28. The van der Waals surface area contributed by atoms with Crippen LogP contribution in [0.2, 0.25) is 0 Å². The monoisotopic (exact) mass is 229 g/mol. The summed E-state index contributed by atoms with van der Waals surface area (Å²) in [6, 6.07) is 9.47. The number of hydrogen-bond donors (Lipinski definition) is 1. The molecule has 0 atom stereocenters. The van der Waals surface area contributed by atoms with Gasteiger partial charge in [0, 0.05) is 24.5 Å². The van der Waals surface area contributed by atoms with E-state index in [0.29, 0.717) is 12.1 Å². The molecule has 0 bridgehead atoms. The van der Waals surface area contributed by atoms with Gasteiger partial charge in [-0.05, 0) is 30.7 Å². The second kappa shape index (κ2) is 5.30. The van der Waals surface area contributed by atoms with Gasteiger partial charge in [-0.1, -0.05) is 12.1 Å². The van der Waals surface area contributed by atoms with E-state index < -0.39 is 0 Å². The maximum absolute atomic E-state index is 11.5. The molecule has 0 saturated heterocycles. The first-order chi connectivity index (χ1) is 8.29. The highest BCUT2D eigenvalue weighted by Crippen LogP contribution is 2.06. The molecule has 0 aliphatic rings. The average Bonchev–Trinajstić information content (AvgIpc) is 2.83. The zero-order chi connectivity index (χ0) is 12.1. The highest BCUT2D eigenvalue weighted by atomic mass is 16.1. The topological polar surface area (TPSA) is 46.9 Å². The zero-order valence-electron chi connectivity index (χ0n) is 9.76. The van der Waals surface area contributed by atoms with Crippen molar-refractivity contribution in [1.82, 2.24) is 15.1 Å². The molecule has 0 saturated carbocycles. The summed E-state index contributed by atoms with van der Waals surface area (Å²) < 4.78 is 1.85. The average molecular weight is 229 g/mol. The number of amides is 1. The molecule has 2 rings (SSSR count). The minimum Gasteiger partial charge on any atom is -0.352 e. The van der Waals surface area contributed by atoms with Gasteiger partial charge in [0.15, 0.2) is 0 Å². The maximum Gasteiger partial charge on any atom is 0.251 e. The lowest BCUT2D eigenvalue weighted by Crippen LogP contribution is -2.22. The second-order valence-electron chi connectivity index (χ2n) is 3.76. The van der Waals surface area contributed by atoms with Crippen LogP contribution in [0.25, 0.3) is 0 Å². The Morgan fingerprint density at radius 1 is 1.35 bits per heavy atom. The van der Waals surface area contributed by atoms with Crippen molar-refractivity contribution in [2.45, 2.75) is 13.5 Å². The number of rotatable bonds is 4. The zero-order valence-corrected chi connectivity index (χ0v) is 9.76. The smallest absolute Gasteiger partial charge is 0.251 e. The highest BCUT2D eigenvalue weighted by molar-refractivity contribution is 5.94. The van der Waals surface area contributed by atoms with Crippen LogP contribution in [0, 0.1) is 0 Å². The van der Waals surface area contributed by atoms with E-state index in [1.807, 2.05) is 48.1 Å². The Labute approximate surface area is 100 Å². The summed E-state index contributed by atoms with van der Waals surface area (Å²) in [5, 5.41) is 6.91. The number of aromatic nitrogens is 2. The van der Waals surface area contributed by atoms with Crippen LogP contribution in [0.1, 0.15) is 22.8 Å². The Morgan fingerprint density at radius 3 is 2.71 bits per heavy atom.